The van der Waals surface area contributed by atoms with Crippen molar-refractivity contribution in [3.05, 3.63) is 89.7 Å². The van der Waals surface area contributed by atoms with Crippen LogP contribution in [0.1, 0.15) is 30.0 Å². The molecule has 7 nitrogen and oxygen atoms in total. The van der Waals surface area contributed by atoms with Crippen LogP contribution in [0.15, 0.2) is 73.1 Å². The number of nitrogens with zero attached hydrogens (tertiary/aromatic N) is 3. The van der Waals surface area contributed by atoms with Crippen molar-refractivity contribution in [2.24, 2.45) is 5.73 Å². The molecule has 1 amide bonds. The summed E-state index contributed by atoms with van der Waals surface area (Å²) in [6.07, 6.45) is -0.816. The number of carbonyl (C=O) groups excluding carboxylic acids is 1. The van der Waals surface area contributed by atoms with E-state index in [1.165, 1.54) is 12.1 Å². The van der Waals surface area contributed by atoms with Gasteiger partial charge in [0.1, 0.15) is 0 Å². The average molecular weight is 556 g/mol. The number of aliphatic hydroxyl groups is 1. The molecule has 3 aromatic rings. The van der Waals surface area contributed by atoms with E-state index in [2.05, 4.69) is 20.1 Å². The second-order valence-electron chi connectivity index (χ2n) is 10.4. The molecule has 214 valence electrons. The van der Waals surface area contributed by atoms with E-state index in [1.54, 1.807) is 24.5 Å². The van der Waals surface area contributed by atoms with E-state index < -0.39 is 11.8 Å². The number of nitrogens with two attached hydrogens (primary N) is 1. The summed E-state index contributed by atoms with van der Waals surface area (Å²) in [5.41, 5.74) is 6.34. The lowest BCUT2D eigenvalue weighted by atomic mass is 9.93. The zero-order chi connectivity index (χ0) is 28.8. The first-order chi connectivity index (χ1) is 19.1. The highest BCUT2D eigenvalue weighted by Crippen LogP contribution is 2.39. The fourth-order valence-electron chi connectivity index (χ4n) is 4.93. The maximum atomic E-state index is 13.2. The van der Waals surface area contributed by atoms with E-state index in [0.717, 1.165) is 61.9 Å². The number of nitrogens with one attached hydrogen (secondary N) is 1. The lowest BCUT2D eigenvalue weighted by molar-refractivity contribution is -0.258. The Balaban J connectivity index is 1.40. The maximum absolute atomic E-state index is 13.2. The van der Waals surface area contributed by atoms with Gasteiger partial charge in [0.2, 0.25) is 5.91 Å². The fourth-order valence-corrected chi connectivity index (χ4v) is 4.93. The molecule has 0 radical (unpaired) electrons. The van der Waals surface area contributed by atoms with Crippen molar-refractivity contribution >= 4 is 5.91 Å². The van der Waals surface area contributed by atoms with Gasteiger partial charge in [0.05, 0.1) is 0 Å². The van der Waals surface area contributed by atoms with E-state index in [-0.39, 0.29) is 17.5 Å². The van der Waals surface area contributed by atoms with E-state index in [9.17, 15) is 23.1 Å². The van der Waals surface area contributed by atoms with Gasteiger partial charge in [-0.2, -0.15) is 13.2 Å². The maximum Gasteiger partial charge on any atom is 0.421 e. The number of hydrogen-bond acceptors (Lipinski definition) is 6. The highest BCUT2D eigenvalue weighted by molar-refractivity contribution is 5.76. The normalized spacial score (nSPS) is 18.3. The van der Waals surface area contributed by atoms with Gasteiger partial charge in [-0.25, -0.2) is 0 Å². The van der Waals surface area contributed by atoms with Gasteiger partial charge in [0.15, 0.2) is 5.60 Å². The molecule has 2 aromatic carbocycles. The summed E-state index contributed by atoms with van der Waals surface area (Å²) in [6, 6.07) is 17.8. The van der Waals surface area contributed by atoms with Gasteiger partial charge in [-0.1, -0.05) is 48.5 Å². The molecular weight excluding hydrogens is 519 g/mol. The molecule has 2 atom stereocenters. The highest BCUT2D eigenvalue weighted by atomic mass is 19.4. The number of carbonyl (C=O) groups is 1. The standard InChI is InChI=1S/C30H36F3N5O2/c1-29(40,30(31,32)33)26-8-6-25(7-9-26)24-4-2-22(3-5-24)19-37-16-17-38(20-23-10-13-35-14-11-23)27(21-37)18-28(39)36-15-12-34/h2-11,13-14,27,40H,12,15-21,34H2,1H3,(H,36,39). The molecule has 2 unspecified atom stereocenters. The lowest BCUT2D eigenvalue weighted by Crippen LogP contribution is -2.53. The van der Waals surface area contributed by atoms with E-state index in [0.29, 0.717) is 19.5 Å². The third-order valence-corrected chi connectivity index (χ3v) is 7.40. The number of benzene rings is 2. The Hall–Kier alpha value is -3.31. The van der Waals surface area contributed by atoms with Crippen LogP contribution in [0.4, 0.5) is 13.2 Å². The van der Waals surface area contributed by atoms with Crippen LogP contribution in [-0.4, -0.2) is 70.7 Å². The lowest BCUT2D eigenvalue weighted by Gasteiger charge is -2.41. The monoisotopic (exact) mass is 555 g/mol. The van der Waals surface area contributed by atoms with Crippen LogP contribution in [0.25, 0.3) is 11.1 Å². The fraction of sp³-hybridized carbons (Fsp3) is 0.400. The molecule has 0 bridgehead atoms. The first-order valence-corrected chi connectivity index (χ1v) is 13.4. The molecule has 1 fully saturated rings. The Kier molecular flexibility index (Phi) is 9.57. The molecular formula is C30H36F3N5O2. The Morgan fingerprint density at radius 2 is 1.57 bits per heavy atom. The molecule has 1 saturated heterocycles. The van der Waals surface area contributed by atoms with E-state index >= 15 is 0 Å². The molecule has 10 heteroatoms. The summed E-state index contributed by atoms with van der Waals surface area (Å²) in [5.74, 6) is -0.0101. The number of aromatic nitrogens is 1. The molecule has 40 heavy (non-hydrogen) atoms. The summed E-state index contributed by atoms with van der Waals surface area (Å²) < 4.78 is 39.5. The topological polar surface area (TPSA) is 94.7 Å². The first-order valence-electron chi connectivity index (χ1n) is 13.4. The van der Waals surface area contributed by atoms with Gasteiger partial charge in [-0.15, -0.1) is 0 Å². The molecule has 0 aliphatic carbocycles. The molecule has 0 saturated carbocycles. The van der Waals surface area contributed by atoms with Gasteiger partial charge in [0.25, 0.3) is 0 Å². The summed E-state index contributed by atoms with van der Waals surface area (Å²) >= 11 is 0. The summed E-state index contributed by atoms with van der Waals surface area (Å²) in [5, 5.41) is 12.8. The molecule has 4 N–H and O–H groups in total. The molecule has 2 heterocycles. The number of hydrogen-bond donors (Lipinski definition) is 3. The third-order valence-electron chi connectivity index (χ3n) is 7.40. The minimum absolute atomic E-state index is 0.0101. The molecule has 1 aromatic heterocycles. The number of rotatable bonds is 10. The van der Waals surface area contributed by atoms with Gasteiger partial charge >= 0.3 is 6.18 Å². The second kappa shape index (κ2) is 12.9. The Labute approximate surface area is 232 Å². The number of pyridine rings is 1. The number of halogens is 3. The minimum Gasteiger partial charge on any atom is -0.376 e. The van der Waals surface area contributed by atoms with Crippen LogP contribution in [0.5, 0.6) is 0 Å². The van der Waals surface area contributed by atoms with Crippen LogP contribution in [-0.2, 0) is 23.5 Å². The number of piperazine rings is 1. The van der Waals surface area contributed by atoms with Crippen molar-refractivity contribution in [1.82, 2.24) is 20.1 Å². The zero-order valence-electron chi connectivity index (χ0n) is 22.6. The SMILES string of the molecule is CC(O)(c1ccc(-c2ccc(CN3CCN(Cc4ccncc4)C(CC(=O)NCCN)C3)cc2)cc1)C(F)(F)F. The largest absolute Gasteiger partial charge is 0.421 e. The molecule has 1 aliphatic rings. The minimum atomic E-state index is -4.76. The van der Waals surface area contributed by atoms with Crippen molar-refractivity contribution in [3.63, 3.8) is 0 Å². The van der Waals surface area contributed by atoms with Crippen molar-refractivity contribution in [1.29, 1.82) is 0 Å². The van der Waals surface area contributed by atoms with Crippen molar-refractivity contribution in [2.75, 3.05) is 32.7 Å². The average Bonchev–Trinajstić information content (AvgIpc) is 2.94. The van der Waals surface area contributed by atoms with Gasteiger partial charge in [-0.05, 0) is 46.9 Å². The second-order valence-corrected chi connectivity index (χ2v) is 10.4. The van der Waals surface area contributed by atoms with Gasteiger partial charge in [0, 0.05) is 70.7 Å². The highest BCUT2D eigenvalue weighted by Gasteiger charge is 2.51. The van der Waals surface area contributed by atoms with Crippen LogP contribution < -0.4 is 11.1 Å². The summed E-state index contributed by atoms with van der Waals surface area (Å²) in [6.45, 7) is 5.50. The van der Waals surface area contributed by atoms with Crippen LogP contribution in [0.3, 0.4) is 0 Å². The Morgan fingerprint density at radius 3 is 2.17 bits per heavy atom. The zero-order valence-corrected chi connectivity index (χ0v) is 22.6. The van der Waals surface area contributed by atoms with E-state index in [4.69, 9.17) is 5.73 Å². The number of amides is 1. The van der Waals surface area contributed by atoms with Crippen molar-refractivity contribution in [3.8, 4) is 11.1 Å². The molecule has 4 rings (SSSR count). The van der Waals surface area contributed by atoms with Crippen LogP contribution in [0.2, 0.25) is 0 Å². The van der Waals surface area contributed by atoms with Gasteiger partial charge in [-0.3, -0.25) is 19.6 Å². The summed E-state index contributed by atoms with van der Waals surface area (Å²) in [7, 11) is 0. The summed E-state index contributed by atoms with van der Waals surface area (Å²) in [4.78, 5) is 21.3. The quantitative estimate of drug-likeness (QED) is 0.354. The smallest absolute Gasteiger partial charge is 0.376 e. The Morgan fingerprint density at radius 1 is 0.975 bits per heavy atom. The Bertz CT molecular complexity index is 1230. The molecule has 1 aliphatic heterocycles. The third kappa shape index (κ3) is 7.45. The predicted octanol–water partition coefficient (Wildman–Crippen LogP) is 3.67. The molecule has 0 spiro atoms. The van der Waals surface area contributed by atoms with Crippen molar-refractivity contribution in [2.45, 2.75) is 44.3 Å². The van der Waals surface area contributed by atoms with Crippen LogP contribution >= 0.6 is 0 Å². The van der Waals surface area contributed by atoms with Gasteiger partial charge < -0.3 is 16.2 Å². The first kappa shape index (κ1) is 29.7. The van der Waals surface area contributed by atoms with E-state index in [1.807, 2.05) is 36.4 Å². The predicted molar refractivity (Wildman–Crippen MR) is 148 cm³/mol. The van der Waals surface area contributed by atoms with Crippen LogP contribution in [0, 0.1) is 0 Å². The van der Waals surface area contributed by atoms with Crippen molar-refractivity contribution < 1.29 is 23.1 Å². The number of alkyl halides is 3.